The van der Waals surface area contributed by atoms with Gasteiger partial charge in [-0.25, -0.2) is 10.4 Å². The third kappa shape index (κ3) is 3.43. The fourth-order valence-corrected chi connectivity index (χ4v) is 3.92. The molecule has 2 fully saturated rings. The fourth-order valence-electron chi connectivity index (χ4n) is 3.92. The largest absolute Gasteiger partial charge is 0.329 e. The number of hydrazine groups is 1. The van der Waals surface area contributed by atoms with Gasteiger partial charge in [0.15, 0.2) is 0 Å². The number of piperidine rings is 1. The highest BCUT2D eigenvalue weighted by Gasteiger charge is 2.38. The molecule has 3 heteroatoms. The van der Waals surface area contributed by atoms with Crippen LogP contribution in [0.5, 0.6) is 0 Å². The van der Waals surface area contributed by atoms with Crippen LogP contribution >= 0.6 is 0 Å². The number of nitrogens with one attached hydrogen (secondary N) is 1. The van der Waals surface area contributed by atoms with Gasteiger partial charge in [-0.15, -0.1) is 0 Å². The Kier molecular flexibility index (Phi) is 4.45. The molecule has 100 valence electrons. The highest BCUT2D eigenvalue weighted by atomic mass is 15.5. The standard InChI is InChI=1S/C14H29N3/c1-12-8-13(2)10-14(9-12,11-15)16-17-6-4-3-5-7-17/h12-13,16H,3-11,15H2,1-2H3. The van der Waals surface area contributed by atoms with Gasteiger partial charge in [-0.3, -0.25) is 0 Å². The van der Waals surface area contributed by atoms with Crippen LogP contribution in [-0.4, -0.2) is 30.2 Å². The average Bonchev–Trinajstić information content (AvgIpc) is 2.29. The second kappa shape index (κ2) is 5.68. The number of rotatable bonds is 3. The van der Waals surface area contributed by atoms with Gasteiger partial charge in [-0.2, -0.15) is 0 Å². The molecule has 17 heavy (non-hydrogen) atoms. The predicted molar refractivity (Wildman–Crippen MR) is 72.5 cm³/mol. The molecule has 2 unspecified atom stereocenters. The third-order valence-corrected chi connectivity index (χ3v) is 4.43. The minimum absolute atomic E-state index is 0.175. The lowest BCUT2D eigenvalue weighted by molar-refractivity contribution is 0.0356. The summed E-state index contributed by atoms with van der Waals surface area (Å²) in [6.07, 6.45) is 7.90. The van der Waals surface area contributed by atoms with Crippen LogP contribution in [-0.2, 0) is 0 Å². The van der Waals surface area contributed by atoms with Gasteiger partial charge in [-0.1, -0.05) is 20.3 Å². The first kappa shape index (κ1) is 13.3. The Morgan fingerprint density at radius 1 is 1.12 bits per heavy atom. The molecule has 0 radical (unpaired) electrons. The lowest BCUT2D eigenvalue weighted by Crippen LogP contribution is -2.61. The first-order valence-electron chi connectivity index (χ1n) is 7.36. The fraction of sp³-hybridized carbons (Fsp3) is 1.00. The molecule has 0 aromatic carbocycles. The van der Waals surface area contributed by atoms with Gasteiger partial charge in [0.2, 0.25) is 0 Å². The normalized spacial score (nSPS) is 40.4. The van der Waals surface area contributed by atoms with Gasteiger partial charge in [-0.05, 0) is 43.9 Å². The molecule has 0 aromatic rings. The zero-order valence-electron chi connectivity index (χ0n) is 11.5. The molecule has 1 aliphatic heterocycles. The van der Waals surface area contributed by atoms with E-state index in [0.29, 0.717) is 0 Å². The SMILES string of the molecule is CC1CC(C)CC(CN)(NN2CCCCC2)C1. The van der Waals surface area contributed by atoms with E-state index < -0.39 is 0 Å². The first-order chi connectivity index (χ1) is 8.13. The highest BCUT2D eigenvalue weighted by Crippen LogP contribution is 2.35. The maximum atomic E-state index is 6.09. The Balaban J connectivity index is 1.97. The van der Waals surface area contributed by atoms with E-state index in [9.17, 15) is 0 Å². The summed E-state index contributed by atoms with van der Waals surface area (Å²) in [5, 5.41) is 2.43. The molecule has 1 saturated carbocycles. The second-order valence-electron chi connectivity index (χ2n) is 6.50. The summed E-state index contributed by atoms with van der Waals surface area (Å²) in [6.45, 7) is 7.92. The summed E-state index contributed by atoms with van der Waals surface area (Å²) >= 11 is 0. The van der Waals surface area contributed by atoms with E-state index >= 15 is 0 Å². The molecule has 0 spiro atoms. The van der Waals surface area contributed by atoms with Crippen molar-refractivity contribution in [3.63, 3.8) is 0 Å². The minimum Gasteiger partial charge on any atom is -0.329 e. The summed E-state index contributed by atoms with van der Waals surface area (Å²) in [5.41, 5.74) is 10.1. The molecular formula is C14H29N3. The molecule has 0 aromatic heterocycles. The molecule has 1 aliphatic carbocycles. The summed E-state index contributed by atoms with van der Waals surface area (Å²) in [5.74, 6) is 1.61. The predicted octanol–water partition coefficient (Wildman–Crippen LogP) is 2.13. The van der Waals surface area contributed by atoms with E-state index in [1.807, 2.05) is 0 Å². The summed E-state index contributed by atoms with van der Waals surface area (Å²) < 4.78 is 0. The molecule has 0 bridgehead atoms. The maximum Gasteiger partial charge on any atom is 0.0453 e. The Hall–Kier alpha value is -0.120. The number of hydrogen-bond donors (Lipinski definition) is 2. The van der Waals surface area contributed by atoms with Crippen molar-refractivity contribution in [1.82, 2.24) is 10.4 Å². The van der Waals surface area contributed by atoms with Crippen molar-refractivity contribution in [1.29, 1.82) is 0 Å². The van der Waals surface area contributed by atoms with E-state index in [1.165, 1.54) is 51.6 Å². The van der Waals surface area contributed by atoms with Crippen LogP contribution in [0.25, 0.3) is 0 Å². The van der Waals surface area contributed by atoms with Gasteiger partial charge in [0, 0.05) is 25.2 Å². The highest BCUT2D eigenvalue weighted by molar-refractivity contribution is 4.95. The topological polar surface area (TPSA) is 41.3 Å². The van der Waals surface area contributed by atoms with Crippen molar-refractivity contribution < 1.29 is 0 Å². The van der Waals surface area contributed by atoms with Crippen LogP contribution < -0.4 is 11.2 Å². The number of nitrogens with two attached hydrogens (primary N) is 1. The molecule has 2 atom stereocenters. The number of hydrogen-bond acceptors (Lipinski definition) is 3. The molecule has 1 saturated heterocycles. The molecule has 3 N–H and O–H groups in total. The zero-order chi connectivity index (χ0) is 12.3. The van der Waals surface area contributed by atoms with Crippen molar-refractivity contribution in [2.45, 2.75) is 57.9 Å². The smallest absolute Gasteiger partial charge is 0.0453 e. The Labute approximate surface area is 106 Å². The molecular weight excluding hydrogens is 210 g/mol. The molecule has 2 rings (SSSR count). The summed E-state index contributed by atoms with van der Waals surface area (Å²) in [4.78, 5) is 0. The van der Waals surface area contributed by atoms with Gasteiger partial charge in [0.1, 0.15) is 0 Å². The lowest BCUT2D eigenvalue weighted by atomic mass is 9.72. The van der Waals surface area contributed by atoms with Crippen LogP contribution in [0, 0.1) is 11.8 Å². The Morgan fingerprint density at radius 2 is 1.71 bits per heavy atom. The van der Waals surface area contributed by atoms with Gasteiger partial charge in [0.05, 0.1) is 0 Å². The monoisotopic (exact) mass is 239 g/mol. The van der Waals surface area contributed by atoms with Gasteiger partial charge >= 0.3 is 0 Å². The summed E-state index contributed by atoms with van der Waals surface area (Å²) in [6, 6.07) is 0. The third-order valence-electron chi connectivity index (χ3n) is 4.43. The van der Waals surface area contributed by atoms with E-state index in [0.717, 1.165) is 18.4 Å². The Morgan fingerprint density at radius 3 is 2.24 bits per heavy atom. The lowest BCUT2D eigenvalue weighted by Gasteiger charge is -2.46. The van der Waals surface area contributed by atoms with Crippen LogP contribution in [0.2, 0.25) is 0 Å². The maximum absolute atomic E-state index is 6.09. The van der Waals surface area contributed by atoms with Crippen molar-refractivity contribution >= 4 is 0 Å². The van der Waals surface area contributed by atoms with Crippen molar-refractivity contribution in [2.24, 2.45) is 17.6 Å². The van der Waals surface area contributed by atoms with Crippen molar-refractivity contribution in [3.8, 4) is 0 Å². The molecule has 0 amide bonds. The molecule has 2 aliphatic rings. The number of nitrogens with zero attached hydrogens (tertiary/aromatic N) is 1. The van der Waals surface area contributed by atoms with Gasteiger partial charge in [0.25, 0.3) is 0 Å². The molecule has 1 heterocycles. The van der Waals surface area contributed by atoms with Crippen molar-refractivity contribution in [2.75, 3.05) is 19.6 Å². The minimum atomic E-state index is 0.175. The van der Waals surface area contributed by atoms with Crippen LogP contribution in [0.4, 0.5) is 0 Å². The van der Waals surface area contributed by atoms with Crippen LogP contribution in [0.1, 0.15) is 52.4 Å². The van der Waals surface area contributed by atoms with Gasteiger partial charge < -0.3 is 5.73 Å². The first-order valence-corrected chi connectivity index (χ1v) is 7.36. The van der Waals surface area contributed by atoms with E-state index in [4.69, 9.17) is 5.73 Å². The second-order valence-corrected chi connectivity index (χ2v) is 6.50. The van der Waals surface area contributed by atoms with Crippen LogP contribution in [0.3, 0.4) is 0 Å². The Bertz CT molecular complexity index is 226. The summed E-state index contributed by atoms with van der Waals surface area (Å²) in [7, 11) is 0. The zero-order valence-corrected chi connectivity index (χ0v) is 11.5. The van der Waals surface area contributed by atoms with E-state index in [-0.39, 0.29) is 5.54 Å². The van der Waals surface area contributed by atoms with Crippen LogP contribution in [0.15, 0.2) is 0 Å². The van der Waals surface area contributed by atoms with E-state index in [2.05, 4.69) is 24.3 Å². The van der Waals surface area contributed by atoms with Crippen molar-refractivity contribution in [3.05, 3.63) is 0 Å². The average molecular weight is 239 g/mol. The quantitative estimate of drug-likeness (QED) is 0.793. The molecule has 3 nitrogen and oxygen atoms in total. The van der Waals surface area contributed by atoms with E-state index in [1.54, 1.807) is 0 Å².